The van der Waals surface area contributed by atoms with E-state index in [2.05, 4.69) is 4.98 Å². The molecule has 0 saturated heterocycles. The third-order valence-electron chi connectivity index (χ3n) is 2.99. The van der Waals surface area contributed by atoms with Crippen molar-refractivity contribution in [3.63, 3.8) is 0 Å². The van der Waals surface area contributed by atoms with E-state index in [1.54, 1.807) is 13.1 Å². The molecule has 0 aliphatic heterocycles. The molecule has 0 unspecified atom stereocenters. The summed E-state index contributed by atoms with van der Waals surface area (Å²) in [5.74, 6) is -0.961. The van der Waals surface area contributed by atoms with E-state index in [4.69, 9.17) is 16.3 Å². The van der Waals surface area contributed by atoms with Gasteiger partial charge >= 0.3 is 5.97 Å². The van der Waals surface area contributed by atoms with Crippen LogP contribution >= 0.6 is 11.6 Å². The maximum Gasteiger partial charge on any atom is 0.341 e. The van der Waals surface area contributed by atoms with Crippen LogP contribution in [0.5, 0.6) is 0 Å². The molecule has 0 spiro atoms. The van der Waals surface area contributed by atoms with Crippen molar-refractivity contribution in [2.45, 2.75) is 6.54 Å². The van der Waals surface area contributed by atoms with Crippen LogP contribution in [-0.2, 0) is 16.1 Å². The lowest BCUT2D eigenvalue weighted by Crippen LogP contribution is -2.30. The Morgan fingerprint density at radius 1 is 1.18 bits per heavy atom. The fraction of sp³-hybridized carbons (Fsp3) is 0.188. The standard InChI is InChI=1S/C16H15ClN2O3/c1-19(10-12-6-3-2-4-7-12)14(20)11-22-16(21)13-8-5-9-18-15(13)17/h2-9H,10-11H2,1H3. The van der Waals surface area contributed by atoms with Gasteiger partial charge in [0.2, 0.25) is 0 Å². The Bertz CT molecular complexity index is 661. The normalized spacial score (nSPS) is 10.1. The molecule has 0 fully saturated rings. The average Bonchev–Trinajstić information content (AvgIpc) is 2.53. The predicted molar refractivity (Wildman–Crippen MR) is 82.4 cm³/mol. The molecule has 22 heavy (non-hydrogen) atoms. The minimum atomic E-state index is -0.667. The molecule has 114 valence electrons. The molecule has 2 rings (SSSR count). The molecule has 0 aliphatic rings. The molecule has 0 radical (unpaired) electrons. The summed E-state index contributed by atoms with van der Waals surface area (Å²) in [6.45, 7) is 0.109. The van der Waals surface area contributed by atoms with E-state index in [9.17, 15) is 9.59 Å². The van der Waals surface area contributed by atoms with Gasteiger partial charge in [-0.1, -0.05) is 41.9 Å². The van der Waals surface area contributed by atoms with Gasteiger partial charge in [-0.25, -0.2) is 9.78 Å². The number of carbonyl (C=O) groups is 2. The number of ether oxygens (including phenoxy) is 1. The van der Waals surface area contributed by atoms with Gasteiger partial charge in [0.15, 0.2) is 6.61 Å². The van der Waals surface area contributed by atoms with Crippen LogP contribution in [0.2, 0.25) is 5.15 Å². The number of aromatic nitrogens is 1. The molecule has 0 atom stereocenters. The van der Waals surface area contributed by atoms with Crippen LogP contribution in [0.3, 0.4) is 0 Å². The van der Waals surface area contributed by atoms with Crippen molar-refractivity contribution in [2.24, 2.45) is 0 Å². The monoisotopic (exact) mass is 318 g/mol. The highest BCUT2D eigenvalue weighted by Gasteiger charge is 2.16. The summed E-state index contributed by atoms with van der Waals surface area (Å²) in [7, 11) is 1.65. The highest BCUT2D eigenvalue weighted by atomic mass is 35.5. The third-order valence-corrected chi connectivity index (χ3v) is 3.30. The molecular formula is C16H15ClN2O3. The molecule has 0 N–H and O–H groups in total. The molecule has 1 amide bonds. The lowest BCUT2D eigenvalue weighted by molar-refractivity contribution is -0.133. The second-order valence-corrected chi connectivity index (χ2v) is 5.01. The predicted octanol–water partition coefficient (Wildman–Crippen LogP) is 2.55. The fourth-order valence-corrected chi connectivity index (χ4v) is 2.00. The SMILES string of the molecule is CN(Cc1ccccc1)C(=O)COC(=O)c1cccnc1Cl. The second-order valence-electron chi connectivity index (χ2n) is 4.65. The van der Waals surface area contributed by atoms with E-state index in [-0.39, 0.29) is 23.2 Å². The number of halogens is 1. The zero-order valence-corrected chi connectivity index (χ0v) is 12.8. The van der Waals surface area contributed by atoms with Gasteiger partial charge in [0, 0.05) is 19.8 Å². The minimum absolute atomic E-state index is 0.0533. The number of amides is 1. The van der Waals surface area contributed by atoms with Gasteiger partial charge < -0.3 is 9.64 Å². The molecule has 1 heterocycles. The molecule has 0 bridgehead atoms. The second kappa shape index (κ2) is 7.56. The van der Waals surface area contributed by atoms with E-state index >= 15 is 0 Å². The average molecular weight is 319 g/mol. The van der Waals surface area contributed by atoms with E-state index in [0.717, 1.165) is 5.56 Å². The van der Waals surface area contributed by atoms with Gasteiger partial charge in [-0.3, -0.25) is 4.79 Å². The van der Waals surface area contributed by atoms with Crippen LogP contribution in [0, 0.1) is 0 Å². The number of pyridine rings is 1. The molecule has 0 aliphatic carbocycles. The number of hydrogen-bond donors (Lipinski definition) is 0. The van der Waals surface area contributed by atoms with Crippen molar-refractivity contribution in [1.29, 1.82) is 0 Å². The fourth-order valence-electron chi connectivity index (χ4n) is 1.80. The van der Waals surface area contributed by atoms with Crippen LogP contribution in [0.4, 0.5) is 0 Å². The Labute approximate surface area is 133 Å². The van der Waals surface area contributed by atoms with E-state index < -0.39 is 5.97 Å². The van der Waals surface area contributed by atoms with Gasteiger partial charge in [-0.15, -0.1) is 0 Å². The Kier molecular flexibility index (Phi) is 5.49. The van der Waals surface area contributed by atoms with Gasteiger partial charge in [-0.05, 0) is 17.7 Å². The molecule has 1 aromatic carbocycles. The first kappa shape index (κ1) is 16.0. The summed E-state index contributed by atoms with van der Waals surface area (Å²) < 4.78 is 4.97. The number of benzene rings is 1. The molecule has 0 saturated carbocycles. The van der Waals surface area contributed by atoms with Gasteiger partial charge in [0.1, 0.15) is 5.15 Å². The van der Waals surface area contributed by atoms with Gasteiger partial charge in [0.05, 0.1) is 5.56 Å². The Morgan fingerprint density at radius 3 is 2.59 bits per heavy atom. The lowest BCUT2D eigenvalue weighted by atomic mass is 10.2. The van der Waals surface area contributed by atoms with E-state index in [1.807, 2.05) is 30.3 Å². The maximum absolute atomic E-state index is 12.0. The number of rotatable bonds is 5. The summed E-state index contributed by atoms with van der Waals surface area (Å²) in [6, 6.07) is 12.6. The van der Waals surface area contributed by atoms with Crippen molar-refractivity contribution >= 4 is 23.5 Å². The van der Waals surface area contributed by atoms with Crippen LogP contribution < -0.4 is 0 Å². The topological polar surface area (TPSA) is 59.5 Å². The Morgan fingerprint density at radius 2 is 1.91 bits per heavy atom. The summed E-state index contributed by atoms with van der Waals surface area (Å²) >= 11 is 5.80. The molecular weight excluding hydrogens is 304 g/mol. The van der Waals surface area contributed by atoms with Crippen LogP contribution in [0.1, 0.15) is 15.9 Å². The summed E-state index contributed by atoms with van der Waals surface area (Å²) in [5, 5.41) is 0.0533. The number of carbonyl (C=O) groups excluding carboxylic acids is 2. The zero-order chi connectivity index (χ0) is 15.9. The first-order valence-electron chi connectivity index (χ1n) is 6.63. The first-order valence-corrected chi connectivity index (χ1v) is 7.01. The molecule has 2 aromatic rings. The maximum atomic E-state index is 12.0. The Hall–Kier alpha value is -2.40. The smallest absolute Gasteiger partial charge is 0.341 e. The first-order chi connectivity index (χ1) is 10.6. The summed E-state index contributed by atoms with van der Waals surface area (Å²) in [6.07, 6.45) is 1.47. The molecule has 5 nitrogen and oxygen atoms in total. The third kappa shape index (κ3) is 4.30. The number of nitrogens with zero attached hydrogens (tertiary/aromatic N) is 2. The quantitative estimate of drug-likeness (QED) is 0.628. The molecule has 1 aromatic heterocycles. The van der Waals surface area contributed by atoms with Crippen molar-refractivity contribution < 1.29 is 14.3 Å². The zero-order valence-electron chi connectivity index (χ0n) is 12.0. The van der Waals surface area contributed by atoms with Crippen molar-refractivity contribution in [3.05, 3.63) is 64.9 Å². The van der Waals surface area contributed by atoms with Crippen molar-refractivity contribution in [2.75, 3.05) is 13.7 Å². The highest BCUT2D eigenvalue weighted by molar-refractivity contribution is 6.32. The van der Waals surface area contributed by atoms with Crippen molar-refractivity contribution in [1.82, 2.24) is 9.88 Å². The number of likely N-dealkylation sites (N-methyl/N-ethyl adjacent to an activating group) is 1. The number of hydrogen-bond acceptors (Lipinski definition) is 4. The van der Waals surface area contributed by atoms with Crippen LogP contribution in [0.15, 0.2) is 48.7 Å². The minimum Gasteiger partial charge on any atom is -0.452 e. The Balaban J connectivity index is 1.87. The van der Waals surface area contributed by atoms with Crippen LogP contribution in [-0.4, -0.2) is 35.4 Å². The van der Waals surface area contributed by atoms with Crippen LogP contribution in [0.25, 0.3) is 0 Å². The van der Waals surface area contributed by atoms with Crippen molar-refractivity contribution in [3.8, 4) is 0 Å². The van der Waals surface area contributed by atoms with Gasteiger partial charge in [0.25, 0.3) is 5.91 Å². The largest absolute Gasteiger partial charge is 0.452 e. The summed E-state index contributed by atoms with van der Waals surface area (Å²) in [4.78, 5) is 29.1. The molecule has 6 heteroatoms. The van der Waals surface area contributed by atoms with E-state index in [0.29, 0.717) is 6.54 Å². The highest BCUT2D eigenvalue weighted by Crippen LogP contribution is 2.12. The van der Waals surface area contributed by atoms with Gasteiger partial charge in [-0.2, -0.15) is 0 Å². The number of esters is 1. The summed E-state index contributed by atoms with van der Waals surface area (Å²) in [5.41, 5.74) is 1.14. The lowest BCUT2D eigenvalue weighted by Gasteiger charge is -2.17. The van der Waals surface area contributed by atoms with E-state index in [1.165, 1.54) is 17.2 Å².